The summed E-state index contributed by atoms with van der Waals surface area (Å²) in [6.45, 7) is 1.16. The van der Waals surface area contributed by atoms with Gasteiger partial charge in [0.1, 0.15) is 5.82 Å². The Morgan fingerprint density at radius 2 is 1.92 bits per heavy atom. The van der Waals surface area contributed by atoms with Gasteiger partial charge in [0.2, 0.25) is 15.9 Å². The van der Waals surface area contributed by atoms with Crippen LogP contribution in [0, 0.1) is 6.92 Å². The Hall–Kier alpha value is -2.46. The van der Waals surface area contributed by atoms with Gasteiger partial charge in [0.05, 0.1) is 17.0 Å². The summed E-state index contributed by atoms with van der Waals surface area (Å²) < 4.78 is 64.0. The van der Waals surface area contributed by atoms with E-state index in [4.69, 9.17) is 0 Å². The molecule has 1 heterocycles. The van der Waals surface area contributed by atoms with Gasteiger partial charge in [-0.15, -0.1) is 0 Å². The van der Waals surface area contributed by atoms with Crippen molar-refractivity contribution >= 4 is 21.7 Å². The number of nitrogens with zero attached hydrogens (tertiary/aromatic N) is 1. The highest BCUT2D eigenvalue weighted by Gasteiger charge is 2.31. The summed E-state index contributed by atoms with van der Waals surface area (Å²) >= 11 is 0. The maximum atomic E-state index is 12.7. The second-order valence-electron chi connectivity index (χ2n) is 5.12. The van der Waals surface area contributed by atoms with Gasteiger partial charge in [-0.3, -0.25) is 4.79 Å². The number of nitrogens with one attached hydrogen (secondary N) is 2. The van der Waals surface area contributed by atoms with Crippen LogP contribution in [-0.2, 0) is 21.0 Å². The molecule has 2 rings (SSSR count). The average molecular weight is 373 g/mol. The molecule has 1 aromatic carbocycles. The van der Waals surface area contributed by atoms with E-state index in [-0.39, 0.29) is 5.82 Å². The zero-order valence-corrected chi connectivity index (χ0v) is 13.8. The number of benzene rings is 1. The fourth-order valence-corrected chi connectivity index (χ4v) is 2.84. The molecule has 1 amide bonds. The number of rotatable bonds is 5. The van der Waals surface area contributed by atoms with Crippen LogP contribution in [0.2, 0.25) is 0 Å². The number of alkyl halides is 3. The van der Waals surface area contributed by atoms with Gasteiger partial charge >= 0.3 is 6.18 Å². The monoisotopic (exact) mass is 373 g/mol. The van der Waals surface area contributed by atoms with Gasteiger partial charge in [-0.2, -0.15) is 13.2 Å². The number of pyridine rings is 1. The second-order valence-corrected chi connectivity index (χ2v) is 6.89. The van der Waals surface area contributed by atoms with E-state index in [9.17, 15) is 26.4 Å². The zero-order chi connectivity index (χ0) is 18.7. The number of aryl methyl sites for hydroxylation is 1. The molecule has 0 atom stereocenters. The van der Waals surface area contributed by atoms with E-state index >= 15 is 0 Å². The molecule has 134 valence electrons. The molecule has 0 saturated carbocycles. The summed E-state index contributed by atoms with van der Waals surface area (Å²) in [6.07, 6.45) is -3.15. The van der Waals surface area contributed by atoms with Gasteiger partial charge in [-0.05, 0) is 36.8 Å². The van der Waals surface area contributed by atoms with Crippen molar-refractivity contribution in [2.24, 2.45) is 0 Å². The molecule has 1 aromatic heterocycles. The molecule has 2 aromatic rings. The molecular weight excluding hydrogens is 359 g/mol. The molecule has 0 saturated heterocycles. The smallest absolute Gasteiger partial charge is 0.310 e. The minimum absolute atomic E-state index is 0.230. The van der Waals surface area contributed by atoms with Gasteiger partial charge < -0.3 is 5.32 Å². The summed E-state index contributed by atoms with van der Waals surface area (Å²) in [5, 5.41) is 2.37. The summed E-state index contributed by atoms with van der Waals surface area (Å²) in [5.41, 5.74) is -0.216. The van der Waals surface area contributed by atoms with Gasteiger partial charge in [0.25, 0.3) is 0 Å². The molecule has 10 heteroatoms. The van der Waals surface area contributed by atoms with Crippen LogP contribution >= 0.6 is 0 Å². The Kier molecular flexibility index (Phi) is 5.43. The van der Waals surface area contributed by atoms with Gasteiger partial charge in [-0.25, -0.2) is 18.1 Å². The predicted octanol–water partition coefficient (Wildman–Crippen LogP) is 2.33. The van der Waals surface area contributed by atoms with Crippen LogP contribution in [0.1, 0.15) is 11.1 Å². The average Bonchev–Trinajstić information content (AvgIpc) is 2.55. The Morgan fingerprint density at radius 3 is 2.52 bits per heavy atom. The van der Waals surface area contributed by atoms with Crippen LogP contribution in [0.3, 0.4) is 0 Å². The Labute approximate surface area is 142 Å². The minimum Gasteiger partial charge on any atom is -0.310 e. The van der Waals surface area contributed by atoms with Crippen LogP contribution in [0.15, 0.2) is 47.5 Å². The quantitative estimate of drug-likeness (QED) is 0.842. The molecule has 0 aliphatic heterocycles. The van der Waals surface area contributed by atoms with Crippen molar-refractivity contribution in [1.82, 2.24) is 9.71 Å². The van der Waals surface area contributed by atoms with E-state index < -0.39 is 39.1 Å². The number of sulfonamides is 1. The third-order valence-corrected chi connectivity index (χ3v) is 4.47. The van der Waals surface area contributed by atoms with Crippen molar-refractivity contribution in [3.05, 3.63) is 53.7 Å². The normalized spacial score (nSPS) is 12.0. The summed E-state index contributed by atoms with van der Waals surface area (Å²) in [6, 6.07) is 6.49. The van der Waals surface area contributed by atoms with E-state index in [1.165, 1.54) is 12.3 Å². The topological polar surface area (TPSA) is 88.2 Å². The number of carbonyl (C=O) groups is 1. The first-order valence-corrected chi connectivity index (χ1v) is 8.46. The fourth-order valence-electron chi connectivity index (χ4n) is 1.81. The number of anilines is 1. The molecule has 0 spiro atoms. The molecule has 0 aliphatic carbocycles. The third-order valence-electron chi connectivity index (χ3n) is 3.07. The molecule has 2 N–H and O–H groups in total. The molecule has 0 aliphatic rings. The highest BCUT2D eigenvalue weighted by molar-refractivity contribution is 7.89. The molecule has 0 radical (unpaired) electrons. The Balaban J connectivity index is 2.04. The summed E-state index contributed by atoms with van der Waals surface area (Å²) in [5.74, 6) is -0.472. The van der Waals surface area contributed by atoms with E-state index in [0.29, 0.717) is 6.07 Å². The van der Waals surface area contributed by atoms with Gasteiger partial charge in [-0.1, -0.05) is 12.1 Å². The Bertz CT molecular complexity index is 866. The van der Waals surface area contributed by atoms with Crippen molar-refractivity contribution in [3.8, 4) is 0 Å². The van der Waals surface area contributed by atoms with E-state index in [0.717, 1.165) is 23.8 Å². The molecule has 0 fully saturated rings. The maximum Gasteiger partial charge on any atom is 0.416 e. The van der Waals surface area contributed by atoms with Crippen LogP contribution in [0.5, 0.6) is 0 Å². The van der Waals surface area contributed by atoms with Crippen LogP contribution in [-0.4, -0.2) is 25.9 Å². The second kappa shape index (κ2) is 7.19. The molecular formula is C15H14F3N3O3S. The van der Waals surface area contributed by atoms with Crippen molar-refractivity contribution in [2.75, 3.05) is 11.9 Å². The van der Waals surface area contributed by atoms with E-state index in [1.807, 2.05) is 11.6 Å². The number of hydrogen-bond donors (Lipinski definition) is 2. The van der Waals surface area contributed by atoms with Crippen molar-refractivity contribution < 1.29 is 26.4 Å². The number of halogens is 3. The van der Waals surface area contributed by atoms with Crippen LogP contribution < -0.4 is 10.0 Å². The maximum absolute atomic E-state index is 12.7. The first-order chi connectivity index (χ1) is 11.6. The molecule has 25 heavy (non-hydrogen) atoms. The first kappa shape index (κ1) is 18.9. The summed E-state index contributed by atoms with van der Waals surface area (Å²) in [4.78, 5) is 15.1. The highest BCUT2D eigenvalue weighted by atomic mass is 32.2. The van der Waals surface area contributed by atoms with E-state index in [2.05, 4.69) is 10.3 Å². The number of hydrogen-bond acceptors (Lipinski definition) is 4. The SMILES string of the molecule is Cc1ccc(NC(=O)CNS(=O)(=O)c2cccc(C(F)(F)F)c2)nc1. The lowest BCUT2D eigenvalue weighted by atomic mass is 10.2. The minimum atomic E-state index is -4.67. The van der Waals surface area contributed by atoms with Crippen LogP contribution in [0.25, 0.3) is 0 Å². The third kappa shape index (κ3) is 5.26. The number of carbonyl (C=O) groups excluding carboxylic acids is 1. The van der Waals surface area contributed by atoms with Crippen molar-refractivity contribution in [2.45, 2.75) is 18.0 Å². The van der Waals surface area contributed by atoms with Crippen molar-refractivity contribution in [1.29, 1.82) is 0 Å². The predicted molar refractivity (Wildman–Crippen MR) is 84.2 cm³/mol. The molecule has 0 unspecified atom stereocenters. The lowest BCUT2D eigenvalue weighted by Gasteiger charge is -2.10. The lowest BCUT2D eigenvalue weighted by molar-refractivity contribution is -0.137. The zero-order valence-electron chi connectivity index (χ0n) is 13.0. The lowest BCUT2D eigenvalue weighted by Crippen LogP contribution is -2.33. The first-order valence-electron chi connectivity index (χ1n) is 6.97. The Morgan fingerprint density at radius 1 is 1.20 bits per heavy atom. The van der Waals surface area contributed by atoms with Crippen molar-refractivity contribution in [3.63, 3.8) is 0 Å². The van der Waals surface area contributed by atoms with Gasteiger partial charge in [0.15, 0.2) is 0 Å². The number of aromatic nitrogens is 1. The molecule has 6 nitrogen and oxygen atoms in total. The summed E-state index contributed by atoms with van der Waals surface area (Å²) in [7, 11) is -4.27. The standard InChI is InChI=1S/C15H14F3N3O3S/c1-10-5-6-13(19-8-10)21-14(22)9-20-25(23,24)12-4-2-3-11(7-12)15(16,17)18/h2-8,20H,9H2,1H3,(H,19,21,22). The van der Waals surface area contributed by atoms with Gasteiger partial charge in [0, 0.05) is 6.20 Å². The fraction of sp³-hybridized carbons (Fsp3) is 0.200. The van der Waals surface area contributed by atoms with E-state index in [1.54, 1.807) is 6.07 Å². The van der Waals surface area contributed by atoms with Crippen LogP contribution in [0.4, 0.5) is 19.0 Å². The number of amides is 1. The molecule has 0 bridgehead atoms. The highest BCUT2D eigenvalue weighted by Crippen LogP contribution is 2.30. The largest absolute Gasteiger partial charge is 0.416 e.